The van der Waals surface area contributed by atoms with E-state index in [2.05, 4.69) is 20.8 Å². The van der Waals surface area contributed by atoms with Gasteiger partial charge in [0.05, 0.1) is 24.9 Å². The molecule has 4 rings (SSSR count). The number of fused-ring (bicyclic) bond motifs is 2. The Labute approximate surface area is 192 Å². The van der Waals surface area contributed by atoms with Crippen LogP contribution in [0.5, 0.6) is 0 Å². The number of hydrogen-bond acceptors (Lipinski definition) is 8. The zero-order valence-electron chi connectivity index (χ0n) is 20.9. The van der Waals surface area contributed by atoms with Gasteiger partial charge in [-0.2, -0.15) is 0 Å². The number of ether oxygens (including phenoxy) is 6. The molecule has 10 atom stereocenters. The zero-order valence-corrected chi connectivity index (χ0v) is 20.9. The lowest BCUT2D eigenvalue weighted by Gasteiger charge is -2.25. The van der Waals surface area contributed by atoms with Crippen LogP contribution in [-0.2, 0) is 28.4 Å². The summed E-state index contributed by atoms with van der Waals surface area (Å²) in [6.45, 7) is 16.1. The van der Waals surface area contributed by atoms with Gasteiger partial charge in [0.15, 0.2) is 24.2 Å². The summed E-state index contributed by atoms with van der Waals surface area (Å²) >= 11 is 0. The Balaban J connectivity index is 0.000000181. The van der Waals surface area contributed by atoms with Crippen molar-refractivity contribution in [2.45, 2.75) is 129 Å². The van der Waals surface area contributed by atoms with Crippen LogP contribution in [0.3, 0.4) is 0 Å². The van der Waals surface area contributed by atoms with Crippen LogP contribution in [0.4, 0.5) is 0 Å². The van der Waals surface area contributed by atoms with Crippen LogP contribution < -0.4 is 0 Å². The molecule has 0 aliphatic carbocycles. The molecule has 8 heteroatoms. The Kier molecular flexibility index (Phi) is 8.31. The molecule has 0 radical (unpaired) electrons. The van der Waals surface area contributed by atoms with Gasteiger partial charge in [0.2, 0.25) is 0 Å². The summed E-state index contributed by atoms with van der Waals surface area (Å²) in [5.74, 6) is 0.225. The third-order valence-electron chi connectivity index (χ3n) is 7.05. The first-order chi connectivity index (χ1) is 14.9. The summed E-state index contributed by atoms with van der Waals surface area (Å²) < 4.78 is 34.6. The monoisotopic (exact) mass is 460 g/mol. The van der Waals surface area contributed by atoms with E-state index in [1.165, 1.54) is 6.42 Å². The van der Waals surface area contributed by atoms with Crippen LogP contribution in [0.15, 0.2) is 0 Å². The van der Waals surface area contributed by atoms with E-state index in [1.54, 1.807) is 0 Å². The second-order valence-electron chi connectivity index (χ2n) is 10.8. The van der Waals surface area contributed by atoms with Gasteiger partial charge in [-0.05, 0) is 40.0 Å². The summed E-state index contributed by atoms with van der Waals surface area (Å²) in [5, 5.41) is 18.2. The molecule has 2 N–H and O–H groups in total. The smallest absolute Gasteiger partial charge is 0.187 e. The van der Waals surface area contributed by atoms with Gasteiger partial charge in [-0.25, -0.2) is 0 Å². The van der Waals surface area contributed by atoms with Crippen molar-refractivity contribution >= 4 is 0 Å². The van der Waals surface area contributed by atoms with Crippen molar-refractivity contribution in [2.24, 2.45) is 17.8 Å². The van der Waals surface area contributed by atoms with E-state index in [0.717, 1.165) is 6.42 Å². The van der Waals surface area contributed by atoms with Gasteiger partial charge in [0.1, 0.15) is 12.2 Å². The van der Waals surface area contributed by atoms with Crippen LogP contribution in [0.1, 0.15) is 74.7 Å². The minimum absolute atomic E-state index is 0.0779. The maximum absolute atomic E-state index is 9.39. The third-order valence-corrected chi connectivity index (χ3v) is 7.05. The van der Waals surface area contributed by atoms with E-state index >= 15 is 0 Å². The molecule has 0 aromatic heterocycles. The van der Waals surface area contributed by atoms with Gasteiger partial charge in [0, 0.05) is 18.3 Å². The molecule has 0 bridgehead atoms. The van der Waals surface area contributed by atoms with Crippen LogP contribution >= 0.6 is 0 Å². The highest BCUT2D eigenvalue weighted by Crippen LogP contribution is 2.43. The van der Waals surface area contributed by atoms with E-state index in [4.69, 9.17) is 33.5 Å². The molecule has 0 amide bonds. The maximum atomic E-state index is 9.39. The van der Waals surface area contributed by atoms with Crippen molar-refractivity contribution in [1.29, 1.82) is 0 Å². The van der Waals surface area contributed by atoms with Crippen molar-refractivity contribution in [1.82, 2.24) is 0 Å². The molecule has 32 heavy (non-hydrogen) atoms. The van der Waals surface area contributed by atoms with Crippen molar-refractivity contribution in [3.63, 3.8) is 0 Å². The van der Waals surface area contributed by atoms with Gasteiger partial charge in [-0.1, -0.05) is 34.1 Å². The molecule has 0 aromatic rings. The standard InChI is InChI=1S/C13H24O3.C11H20O5/c1-6-8(2)7-10-9(3)11-12(14-10)16-13(4,5)15-11;1-6-8(4-7(13)5-12)14-10-9(6)15-11(2,3)16-10/h8-12H,6-7H2,1-5H3;6-10,12-13H,4-5H2,1-3H3/t8-,9+,10-,11-,12-;6-,7-,8+,9+,10+/m10/s1. The largest absolute Gasteiger partial charge is 0.394 e. The SMILES string of the molecule is CC[C@@H](C)C[C@H]1O[C@@H]2OC(C)(C)O[C@@H]2[C@H]1C.C[C@@H]1[C@H]2OC(C)(C)O[C@H]2O[C@@H]1C[C@H](O)CO. The van der Waals surface area contributed by atoms with Crippen LogP contribution in [0.25, 0.3) is 0 Å². The highest BCUT2D eigenvalue weighted by molar-refractivity contribution is 4.92. The maximum Gasteiger partial charge on any atom is 0.187 e. The van der Waals surface area contributed by atoms with Gasteiger partial charge >= 0.3 is 0 Å². The Hall–Kier alpha value is -0.320. The Morgan fingerprint density at radius 2 is 1.22 bits per heavy atom. The Bertz CT molecular complexity index is 559. The number of aliphatic hydroxyl groups excluding tert-OH is 2. The molecular formula is C24H44O8. The fourth-order valence-corrected chi connectivity index (χ4v) is 4.90. The van der Waals surface area contributed by atoms with Crippen molar-refractivity contribution in [3.8, 4) is 0 Å². The molecule has 4 aliphatic rings. The summed E-state index contributed by atoms with van der Waals surface area (Å²) in [5.41, 5.74) is 0. The first kappa shape index (κ1) is 26.3. The number of rotatable bonds is 6. The topological polar surface area (TPSA) is 95.8 Å². The van der Waals surface area contributed by atoms with Gasteiger partial charge in [-0.15, -0.1) is 0 Å². The molecule has 4 fully saturated rings. The van der Waals surface area contributed by atoms with Crippen LogP contribution in [0, 0.1) is 17.8 Å². The van der Waals surface area contributed by atoms with Gasteiger partial charge in [-0.3, -0.25) is 0 Å². The molecule has 0 aromatic carbocycles. The van der Waals surface area contributed by atoms with Gasteiger partial charge < -0.3 is 38.6 Å². The normalized spacial score (nSPS) is 43.3. The first-order valence-corrected chi connectivity index (χ1v) is 12.2. The van der Waals surface area contributed by atoms with Crippen LogP contribution in [-0.4, -0.2) is 71.5 Å². The molecular weight excluding hydrogens is 416 g/mol. The molecule has 0 spiro atoms. The molecule has 4 saturated heterocycles. The molecule has 8 nitrogen and oxygen atoms in total. The van der Waals surface area contributed by atoms with E-state index < -0.39 is 17.7 Å². The first-order valence-electron chi connectivity index (χ1n) is 12.2. The van der Waals surface area contributed by atoms with Crippen LogP contribution in [0.2, 0.25) is 0 Å². The molecule has 4 heterocycles. The predicted octanol–water partition coefficient (Wildman–Crippen LogP) is 3.18. The zero-order chi connectivity index (χ0) is 23.8. The minimum atomic E-state index is -0.737. The second kappa shape index (κ2) is 10.1. The van der Waals surface area contributed by atoms with Crippen molar-refractivity contribution in [3.05, 3.63) is 0 Å². The summed E-state index contributed by atoms with van der Waals surface area (Å²) in [7, 11) is 0. The molecule has 4 aliphatic heterocycles. The average molecular weight is 461 g/mol. The highest BCUT2D eigenvalue weighted by Gasteiger charge is 2.53. The van der Waals surface area contributed by atoms with Crippen molar-refractivity contribution in [2.75, 3.05) is 6.61 Å². The quantitative estimate of drug-likeness (QED) is 0.624. The molecule has 0 unspecified atom stereocenters. The highest BCUT2D eigenvalue weighted by atomic mass is 16.8. The summed E-state index contributed by atoms with van der Waals surface area (Å²) in [4.78, 5) is 0. The third kappa shape index (κ3) is 6.02. The second-order valence-corrected chi connectivity index (χ2v) is 10.8. The average Bonchev–Trinajstić information content (AvgIpc) is 3.35. The molecule has 0 saturated carbocycles. The number of aliphatic hydroxyl groups is 2. The Morgan fingerprint density at radius 3 is 1.59 bits per heavy atom. The fourth-order valence-electron chi connectivity index (χ4n) is 4.90. The fraction of sp³-hybridized carbons (Fsp3) is 1.00. The lowest BCUT2D eigenvalue weighted by Crippen LogP contribution is -2.31. The van der Waals surface area contributed by atoms with E-state index in [0.29, 0.717) is 24.4 Å². The lowest BCUT2D eigenvalue weighted by molar-refractivity contribution is -0.212. The number of hydrogen-bond donors (Lipinski definition) is 2. The van der Waals surface area contributed by atoms with E-state index in [9.17, 15) is 5.11 Å². The van der Waals surface area contributed by atoms with E-state index in [-0.39, 0.29) is 43.4 Å². The van der Waals surface area contributed by atoms with E-state index in [1.807, 2.05) is 34.6 Å². The summed E-state index contributed by atoms with van der Waals surface area (Å²) in [6.07, 6.45) is 1.70. The molecule has 188 valence electrons. The predicted molar refractivity (Wildman–Crippen MR) is 118 cm³/mol. The van der Waals surface area contributed by atoms with Gasteiger partial charge in [0.25, 0.3) is 0 Å². The Morgan fingerprint density at radius 1 is 0.781 bits per heavy atom. The lowest BCUT2D eigenvalue weighted by atomic mass is 9.92. The minimum Gasteiger partial charge on any atom is -0.394 e. The summed E-state index contributed by atoms with van der Waals surface area (Å²) in [6, 6.07) is 0. The van der Waals surface area contributed by atoms with Crippen molar-refractivity contribution < 1.29 is 38.6 Å².